The van der Waals surface area contributed by atoms with Gasteiger partial charge in [0.05, 0.1) is 6.10 Å². The largest absolute Gasteiger partial charge is 0.481 e. The Hall–Kier alpha value is -1.55. The lowest BCUT2D eigenvalue weighted by Crippen LogP contribution is -2.36. The van der Waals surface area contributed by atoms with Gasteiger partial charge in [0.2, 0.25) is 0 Å². The summed E-state index contributed by atoms with van der Waals surface area (Å²) in [5.41, 5.74) is 2.09. The second kappa shape index (κ2) is 5.40. The van der Waals surface area contributed by atoms with Gasteiger partial charge in [-0.15, -0.1) is 0 Å². The van der Waals surface area contributed by atoms with Crippen molar-refractivity contribution in [3.05, 3.63) is 29.3 Å². The Bertz CT molecular complexity index is 445. The van der Waals surface area contributed by atoms with Gasteiger partial charge in [-0.1, -0.05) is 6.07 Å². The molecule has 0 radical (unpaired) electrons. The maximum atomic E-state index is 11.6. The Labute approximate surface area is 107 Å². The van der Waals surface area contributed by atoms with Crippen LogP contribution in [-0.2, 0) is 11.2 Å². The summed E-state index contributed by atoms with van der Waals surface area (Å²) < 4.78 is 5.60. The van der Waals surface area contributed by atoms with Crippen molar-refractivity contribution in [2.75, 3.05) is 6.54 Å². The monoisotopic (exact) mass is 249 g/mol. The molecule has 1 aromatic rings. The second-order valence-corrected chi connectivity index (χ2v) is 4.57. The molecule has 4 heteroatoms. The van der Waals surface area contributed by atoms with Gasteiger partial charge in [0.1, 0.15) is 5.75 Å². The van der Waals surface area contributed by atoms with Crippen molar-refractivity contribution < 1.29 is 14.6 Å². The van der Waals surface area contributed by atoms with Crippen molar-refractivity contribution in [3.8, 4) is 5.75 Å². The highest BCUT2D eigenvalue weighted by atomic mass is 16.5. The van der Waals surface area contributed by atoms with E-state index in [9.17, 15) is 9.90 Å². The van der Waals surface area contributed by atoms with E-state index in [2.05, 4.69) is 5.32 Å². The normalized spacial score (nSPS) is 19.2. The highest BCUT2D eigenvalue weighted by molar-refractivity contribution is 5.80. The lowest BCUT2D eigenvalue weighted by Gasteiger charge is -2.15. The van der Waals surface area contributed by atoms with Crippen LogP contribution in [0.15, 0.2) is 18.2 Å². The van der Waals surface area contributed by atoms with Crippen LogP contribution in [0.4, 0.5) is 0 Å². The molecule has 1 unspecified atom stereocenters. The predicted octanol–water partition coefficient (Wildman–Crippen LogP) is 1.57. The SMILES string of the molecule is CCNC(=O)C(C)Oc1ccc2c(c1)CC[C@H]2O. The minimum atomic E-state index is -0.505. The number of amides is 1. The molecule has 1 aromatic carbocycles. The molecule has 98 valence electrons. The number of likely N-dealkylation sites (N-methyl/N-ethyl adjacent to an activating group) is 1. The fourth-order valence-electron chi connectivity index (χ4n) is 2.22. The van der Waals surface area contributed by atoms with Gasteiger partial charge in [-0.3, -0.25) is 4.79 Å². The number of ether oxygens (including phenoxy) is 1. The summed E-state index contributed by atoms with van der Waals surface area (Å²) in [5, 5.41) is 12.4. The van der Waals surface area contributed by atoms with Gasteiger partial charge in [0, 0.05) is 6.54 Å². The van der Waals surface area contributed by atoms with Crippen LogP contribution in [0.2, 0.25) is 0 Å². The smallest absolute Gasteiger partial charge is 0.260 e. The third kappa shape index (κ3) is 2.64. The van der Waals surface area contributed by atoms with E-state index in [0.29, 0.717) is 12.3 Å². The molecule has 0 aliphatic heterocycles. The Kier molecular flexibility index (Phi) is 3.87. The number of hydrogen-bond donors (Lipinski definition) is 2. The molecule has 0 saturated carbocycles. The number of benzene rings is 1. The van der Waals surface area contributed by atoms with E-state index in [4.69, 9.17) is 4.74 Å². The van der Waals surface area contributed by atoms with Crippen LogP contribution in [0, 0.1) is 0 Å². The summed E-state index contributed by atoms with van der Waals surface area (Å²) in [7, 11) is 0. The second-order valence-electron chi connectivity index (χ2n) is 4.57. The van der Waals surface area contributed by atoms with Gasteiger partial charge in [0.25, 0.3) is 5.91 Å². The van der Waals surface area contributed by atoms with E-state index in [-0.39, 0.29) is 12.0 Å². The van der Waals surface area contributed by atoms with Gasteiger partial charge in [-0.2, -0.15) is 0 Å². The van der Waals surface area contributed by atoms with Crippen molar-refractivity contribution in [2.45, 2.75) is 38.9 Å². The molecular formula is C14H19NO3. The van der Waals surface area contributed by atoms with E-state index < -0.39 is 6.10 Å². The Balaban J connectivity index is 2.05. The minimum absolute atomic E-state index is 0.113. The van der Waals surface area contributed by atoms with Crippen molar-refractivity contribution in [1.82, 2.24) is 5.32 Å². The van der Waals surface area contributed by atoms with E-state index >= 15 is 0 Å². The van der Waals surface area contributed by atoms with Crippen molar-refractivity contribution in [3.63, 3.8) is 0 Å². The number of carbonyl (C=O) groups is 1. The van der Waals surface area contributed by atoms with Crippen molar-refractivity contribution in [1.29, 1.82) is 0 Å². The van der Waals surface area contributed by atoms with Gasteiger partial charge in [-0.05, 0) is 49.9 Å². The number of fused-ring (bicyclic) bond motifs is 1. The number of hydrogen-bond acceptors (Lipinski definition) is 3. The summed E-state index contributed by atoms with van der Waals surface area (Å²) in [6, 6.07) is 5.61. The number of nitrogens with one attached hydrogen (secondary N) is 1. The summed E-state index contributed by atoms with van der Waals surface area (Å²) in [6.45, 7) is 4.21. The summed E-state index contributed by atoms with van der Waals surface area (Å²) in [4.78, 5) is 11.6. The van der Waals surface area contributed by atoms with E-state index in [1.807, 2.05) is 25.1 Å². The Morgan fingerprint density at radius 1 is 1.61 bits per heavy atom. The van der Waals surface area contributed by atoms with Crippen LogP contribution in [0.5, 0.6) is 5.75 Å². The van der Waals surface area contributed by atoms with Gasteiger partial charge < -0.3 is 15.2 Å². The number of rotatable bonds is 4. The molecule has 4 nitrogen and oxygen atoms in total. The first-order valence-corrected chi connectivity index (χ1v) is 6.37. The number of aryl methyl sites for hydroxylation is 1. The minimum Gasteiger partial charge on any atom is -0.481 e. The average Bonchev–Trinajstić information content (AvgIpc) is 2.71. The molecule has 0 heterocycles. The molecule has 0 bridgehead atoms. The first kappa shape index (κ1) is 12.9. The maximum absolute atomic E-state index is 11.6. The standard InChI is InChI=1S/C14H19NO3/c1-3-15-14(17)9(2)18-11-5-6-12-10(8-11)4-7-13(12)16/h5-6,8-9,13,16H,3-4,7H2,1-2H3,(H,15,17)/t9?,13-/m1/s1. The van der Waals surface area contributed by atoms with E-state index in [1.165, 1.54) is 0 Å². The van der Waals surface area contributed by atoms with Crippen molar-refractivity contribution >= 4 is 5.91 Å². The topological polar surface area (TPSA) is 58.6 Å². The number of aliphatic hydroxyl groups is 1. The highest BCUT2D eigenvalue weighted by Gasteiger charge is 2.21. The molecule has 18 heavy (non-hydrogen) atoms. The maximum Gasteiger partial charge on any atom is 0.260 e. The highest BCUT2D eigenvalue weighted by Crippen LogP contribution is 2.33. The molecule has 1 amide bonds. The van der Waals surface area contributed by atoms with Gasteiger partial charge >= 0.3 is 0 Å². The molecule has 0 saturated heterocycles. The number of carbonyl (C=O) groups excluding carboxylic acids is 1. The van der Waals surface area contributed by atoms with Crippen LogP contribution < -0.4 is 10.1 Å². The zero-order chi connectivity index (χ0) is 13.1. The lowest BCUT2D eigenvalue weighted by molar-refractivity contribution is -0.127. The Morgan fingerprint density at radius 3 is 3.11 bits per heavy atom. The van der Waals surface area contributed by atoms with E-state index in [1.54, 1.807) is 6.92 Å². The van der Waals surface area contributed by atoms with Crippen LogP contribution in [0.25, 0.3) is 0 Å². The molecular weight excluding hydrogens is 230 g/mol. The van der Waals surface area contributed by atoms with Crippen LogP contribution >= 0.6 is 0 Å². The summed E-state index contributed by atoms with van der Waals surface area (Å²) in [6.07, 6.45) is 0.776. The van der Waals surface area contributed by atoms with Gasteiger partial charge in [-0.25, -0.2) is 0 Å². The molecule has 2 N–H and O–H groups in total. The number of aliphatic hydroxyl groups excluding tert-OH is 1. The molecule has 0 aromatic heterocycles. The lowest BCUT2D eigenvalue weighted by atomic mass is 10.1. The quantitative estimate of drug-likeness (QED) is 0.851. The fraction of sp³-hybridized carbons (Fsp3) is 0.500. The molecule has 0 spiro atoms. The fourth-order valence-corrected chi connectivity index (χ4v) is 2.22. The zero-order valence-electron chi connectivity index (χ0n) is 10.8. The third-order valence-electron chi connectivity index (χ3n) is 3.19. The molecule has 1 aliphatic rings. The Morgan fingerprint density at radius 2 is 2.39 bits per heavy atom. The molecule has 1 aliphatic carbocycles. The average molecular weight is 249 g/mol. The van der Waals surface area contributed by atoms with E-state index in [0.717, 1.165) is 24.0 Å². The molecule has 2 rings (SSSR count). The summed E-state index contributed by atoms with van der Waals surface area (Å²) in [5.74, 6) is 0.569. The predicted molar refractivity (Wildman–Crippen MR) is 68.5 cm³/mol. The van der Waals surface area contributed by atoms with Crippen LogP contribution in [0.1, 0.15) is 37.5 Å². The van der Waals surface area contributed by atoms with Crippen LogP contribution in [0.3, 0.4) is 0 Å². The van der Waals surface area contributed by atoms with Crippen molar-refractivity contribution in [2.24, 2.45) is 0 Å². The van der Waals surface area contributed by atoms with Crippen LogP contribution in [-0.4, -0.2) is 23.7 Å². The first-order valence-electron chi connectivity index (χ1n) is 6.37. The summed E-state index contributed by atoms with van der Waals surface area (Å²) >= 11 is 0. The molecule has 0 fully saturated rings. The van der Waals surface area contributed by atoms with Gasteiger partial charge in [0.15, 0.2) is 6.10 Å². The zero-order valence-corrected chi connectivity index (χ0v) is 10.8. The first-order chi connectivity index (χ1) is 8.61. The third-order valence-corrected chi connectivity index (χ3v) is 3.19. The molecule has 2 atom stereocenters.